The summed E-state index contributed by atoms with van der Waals surface area (Å²) < 4.78 is 0. The molecule has 3 N–H and O–H groups in total. The first-order valence-corrected chi connectivity index (χ1v) is 6.45. The monoisotopic (exact) mass is 271 g/mol. The van der Waals surface area contributed by atoms with Crippen molar-refractivity contribution in [1.82, 2.24) is 5.43 Å². The highest BCUT2D eigenvalue weighted by Crippen LogP contribution is 2.23. The molecular weight excluding hydrogens is 257 g/mol. The molecule has 0 amide bonds. The van der Waals surface area contributed by atoms with Crippen molar-refractivity contribution in [3.05, 3.63) is 33.8 Å². The number of hydrazine groups is 1. The first kappa shape index (κ1) is 12.7. The van der Waals surface area contributed by atoms with Crippen molar-refractivity contribution in [2.45, 2.75) is 31.7 Å². The van der Waals surface area contributed by atoms with E-state index in [0.29, 0.717) is 21.9 Å². The van der Waals surface area contributed by atoms with Crippen LogP contribution in [0.3, 0.4) is 0 Å². The van der Waals surface area contributed by atoms with Gasteiger partial charge in [0, 0.05) is 15.6 Å². The molecule has 5 heteroatoms. The van der Waals surface area contributed by atoms with E-state index in [2.05, 4.69) is 10.4 Å². The zero-order valence-corrected chi connectivity index (χ0v) is 10.9. The molecule has 0 radical (unpaired) electrons. The van der Waals surface area contributed by atoms with Crippen molar-refractivity contribution in [1.29, 1.82) is 0 Å². The van der Waals surface area contributed by atoms with Gasteiger partial charge in [0.15, 0.2) is 0 Å². The Balaban J connectivity index is 2.27. The maximum absolute atomic E-state index is 5.96. The van der Waals surface area contributed by atoms with Crippen molar-refractivity contribution in [2.75, 3.05) is 0 Å². The van der Waals surface area contributed by atoms with Crippen molar-refractivity contribution in [2.24, 2.45) is 10.8 Å². The van der Waals surface area contributed by atoms with Crippen LogP contribution in [0.2, 0.25) is 10.0 Å². The van der Waals surface area contributed by atoms with Gasteiger partial charge in [-0.25, -0.2) is 5.84 Å². The Kier molecular flexibility index (Phi) is 4.26. The second-order valence-corrected chi connectivity index (χ2v) is 5.09. The zero-order valence-electron chi connectivity index (χ0n) is 9.42. The van der Waals surface area contributed by atoms with E-state index in [9.17, 15) is 0 Å². The lowest BCUT2D eigenvalue weighted by Gasteiger charge is -2.10. The summed E-state index contributed by atoms with van der Waals surface area (Å²) in [4.78, 5) is 4.61. The topological polar surface area (TPSA) is 50.4 Å². The van der Waals surface area contributed by atoms with Crippen LogP contribution in [0, 0.1) is 0 Å². The number of rotatable bonds is 2. The lowest BCUT2D eigenvalue weighted by Crippen LogP contribution is -2.32. The quantitative estimate of drug-likeness (QED) is 0.376. The molecule has 1 aliphatic carbocycles. The maximum Gasteiger partial charge on any atom is 0.142 e. The Labute approximate surface area is 111 Å². The first-order chi connectivity index (χ1) is 8.19. The van der Waals surface area contributed by atoms with Crippen LogP contribution in [0.5, 0.6) is 0 Å². The number of benzene rings is 1. The second kappa shape index (κ2) is 5.71. The molecule has 0 aromatic heterocycles. The molecule has 0 aliphatic heterocycles. The van der Waals surface area contributed by atoms with Crippen LogP contribution in [0.15, 0.2) is 23.2 Å². The summed E-state index contributed by atoms with van der Waals surface area (Å²) in [5.74, 6) is 6.17. The summed E-state index contributed by atoms with van der Waals surface area (Å²) in [6.45, 7) is 0. The predicted molar refractivity (Wildman–Crippen MR) is 72.6 cm³/mol. The average molecular weight is 272 g/mol. The third-order valence-electron chi connectivity index (χ3n) is 2.91. The van der Waals surface area contributed by atoms with Crippen molar-refractivity contribution >= 4 is 29.0 Å². The molecule has 0 unspecified atom stereocenters. The summed E-state index contributed by atoms with van der Waals surface area (Å²) >= 11 is 11.9. The van der Waals surface area contributed by atoms with E-state index in [1.54, 1.807) is 18.2 Å². The maximum atomic E-state index is 5.96. The SMILES string of the molecule is NNC(=NC1CCCC1)c1cc(Cl)cc(Cl)c1. The molecule has 0 heterocycles. The van der Waals surface area contributed by atoms with Crippen molar-refractivity contribution in [3.63, 3.8) is 0 Å². The predicted octanol–water partition coefficient (Wildman–Crippen LogP) is 3.15. The third-order valence-corrected chi connectivity index (χ3v) is 3.35. The fourth-order valence-electron chi connectivity index (χ4n) is 2.10. The van der Waals surface area contributed by atoms with Crippen molar-refractivity contribution < 1.29 is 0 Å². The summed E-state index contributed by atoms with van der Waals surface area (Å²) in [5.41, 5.74) is 3.46. The molecule has 1 aromatic rings. The minimum Gasteiger partial charge on any atom is -0.308 e. The van der Waals surface area contributed by atoms with Crippen LogP contribution < -0.4 is 11.3 Å². The highest BCUT2D eigenvalue weighted by atomic mass is 35.5. The van der Waals surface area contributed by atoms with Gasteiger partial charge < -0.3 is 5.43 Å². The molecule has 1 aromatic carbocycles. The van der Waals surface area contributed by atoms with Gasteiger partial charge in [0.1, 0.15) is 5.84 Å². The van der Waals surface area contributed by atoms with Crippen LogP contribution in [0.1, 0.15) is 31.2 Å². The van der Waals surface area contributed by atoms with E-state index in [0.717, 1.165) is 18.4 Å². The molecular formula is C12H15Cl2N3. The molecule has 92 valence electrons. The molecule has 0 atom stereocenters. The summed E-state index contributed by atoms with van der Waals surface area (Å²) in [5, 5.41) is 1.17. The minimum absolute atomic E-state index is 0.360. The van der Waals surface area contributed by atoms with Gasteiger partial charge in [-0.2, -0.15) is 0 Å². The third kappa shape index (κ3) is 3.35. The lowest BCUT2D eigenvalue weighted by atomic mass is 10.2. The van der Waals surface area contributed by atoms with Crippen LogP contribution in [-0.4, -0.2) is 11.9 Å². The smallest absolute Gasteiger partial charge is 0.142 e. The van der Waals surface area contributed by atoms with E-state index in [1.807, 2.05) is 0 Å². The van der Waals surface area contributed by atoms with Crippen LogP contribution in [-0.2, 0) is 0 Å². The molecule has 17 heavy (non-hydrogen) atoms. The van der Waals surface area contributed by atoms with Gasteiger partial charge in [-0.15, -0.1) is 0 Å². The number of aliphatic imine (C=N–C) groups is 1. The van der Waals surface area contributed by atoms with Crippen LogP contribution in [0.25, 0.3) is 0 Å². The van der Waals surface area contributed by atoms with E-state index in [-0.39, 0.29) is 0 Å². The van der Waals surface area contributed by atoms with Crippen molar-refractivity contribution in [3.8, 4) is 0 Å². The van der Waals surface area contributed by atoms with Crippen LogP contribution in [0.4, 0.5) is 0 Å². The molecule has 3 nitrogen and oxygen atoms in total. The minimum atomic E-state index is 0.360. The molecule has 0 saturated heterocycles. The highest BCUT2D eigenvalue weighted by molar-refractivity contribution is 6.35. The number of nitrogens with two attached hydrogens (primary N) is 1. The van der Waals surface area contributed by atoms with Gasteiger partial charge in [0.2, 0.25) is 0 Å². The molecule has 1 aliphatic rings. The zero-order chi connectivity index (χ0) is 12.3. The molecule has 0 spiro atoms. The van der Waals surface area contributed by atoms with E-state index in [1.165, 1.54) is 12.8 Å². The Morgan fingerprint density at radius 2 is 1.76 bits per heavy atom. The number of nitrogens with one attached hydrogen (secondary N) is 1. The van der Waals surface area contributed by atoms with E-state index < -0.39 is 0 Å². The Morgan fingerprint density at radius 3 is 2.29 bits per heavy atom. The van der Waals surface area contributed by atoms with Gasteiger partial charge in [0.05, 0.1) is 6.04 Å². The average Bonchev–Trinajstić information content (AvgIpc) is 2.77. The highest BCUT2D eigenvalue weighted by Gasteiger charge is 2.15. The Morgan fingerprint density at radius 1 is 1.18 bits per heavy atom. The van der Waals surface area contributed by atoms with Gasteiger partial charge in [-0.05, 0) is 31.0 Å². The molecule has 1 saturated carbocycles. The molecule has 2 rings (SSSR count). The fourth-order valence-corrected chi connectivity index (χ4v) is 2.63. The van der Waals surface area contributed by atoms with Crippen LogP contribution >= 0.6 is 23.2 Å². The molecule has 0 bridgehead atoms. The Hall–Kier alpha value is -0.770. The standard InChI is InChI=1S/C12H15Cl2N3/c13-9-5-8(6-10(14)7-9)12(17-15)16-11-3-1-2-4-11/h5-7,11H,1-4,15H2,(H,16,17). The summed E-state index contributed by atoms with van der Waals surface area (Å²) in [6, 6.07) is 5.66. The lowest BCUT2D eigenvalue weighted by molar-refractivity contribution is 0.701. The van der Waals surface area contributed by atoms with Gasteiger partial charge in [-0.3, -0.25) is 4.99 Å². The largest absolute Gasteiger partial charge is 0.308 e. The Bertz CT molecular complexity index is 406. The summed E-state index contributed by atoms with van der Waals surface area (Å²) in [7, 11) is 0. The second-order valence-electron chi connectivity index (χ2n) is 4.22. The number of halogens is 2. The normalized spacial score (nSPS) is 17.5. The molecule has 1 fully saturated rings. The summed E-state index contributed by atoms with van der Waals surface area (Å²) in [6.07, 6.45) is 4.73. The number of hydrogen-bond acceptors (Lipinski definition) is 2. The fraction of sp³-hybridized carbons (Fsp3) is 0.417. The van der Waals surface area contributed by atoms with Gasteiger partial charge >= 0.3 is 0 Å². The van der Waals surface area contributed by atoms with Gasteiger partial charge in [-0.1, -0.05) is 36.0 Å². The number of nitrogens with zero attached hydrogens (tertiary/aromatic N) is 1. The first-order valence-electron chi connectivity index (χ1n) is 5.70. The van der Waals surface area contributed by atoms with Gasteiger partial charge in [0.25, 0.3) is 0 Å². The van der Waals surface area contributed by atoms with E-state index >= 15 is 0 Å². The number of hydrogen-bond donors (Lipinski definition) is 2. The van der Waals surface area contributed by atoms with E-state index in [4.69, 9.17) is 29.0 Å². The number of amidine groups is 1.